The molecule has 6 heteroatoms. The first-order valence-corrected chi connectivity index (χ1v) is 8.86. The van der Waals surface area contributed by atoms with Crippen LogP contribution in [0.2, 0.25) is 0 Å². The van der Waals surface area contributed by atoms with Crippen molar-refractivity contribution in [3.8, 4) is 5.75 Å². The molecule has 6 nitrogen and oxygen atoms in total. The number of hydrogen-bond donors (Lipinski definition) is 0. The van der Waals surface area contributed by atoms with E-state index >= 15 is 0 Å². The topological polar surface area (TPSA) is 72.7 Å². The molecule has 0 saturated carbocycles. The Bertz CT molecular complexity index is 792. The van der Waals surface area contributed by atoms with E-state index in [4.69, 9.17) is 4.74 Å². The van der Waals surface area contributed by atoms with Crippen LogP contribution < -0.4 is 4.74 Å². The molecule has 0 aliphatic carbocycles. The van der Waals surface area contributed by atoms with Crippen LogP contribution in [-0.4, -0.2) is 34.9 Å². The molecule has 0 aromatic heterocycles. The summed E-state index contributed by atoms with van der Waals surface area (Å²) in [5.41, 5.74) is 1.35. The minimum atomic E-state index is -0.507. The minimum absolute atomic E-state index is 0.121. The normalized spacial score (nSPS) is 16.5. The average Bonchev–Trinajstić information content (AvgIpc) is 3.10. The zero-order chi connectivity index (χ0) is 18.5. The molecule has 1 saturated heterocycles. The number of carbonyl (C=O) groups excluding carboxylic acids is 1. The quantitative estimate of drug-likeness (QED) is 0.583. The summed E-state index contributed by atoms with van der Waals surface area (Å²) in [7, 11) is 0. The highest BCUT2D eigenvalue weighted by Crippen LogP contribution is 2.30. The van der Waals surface area contributed by atoms with Crippen LogP contribution in [0.1, 0.15) is 35.7 Å². The second-order valence-corrected chi connectivity index (χ2v) is 6.36. The van der Waals surface area contributed by atoms with Gasteiger partial charge in [0, 0.05) is 24.2 Å². The van der Waals surface area contributed by atoms with Crippen molar-refractivity contribution in [3.63, 3.8) is 0 Å². The number of nitro benzene ring substituents is 1. The first-order valence-electron chi connectivity index (χ1n) is 8.86. The molecular formula is C20H22N2O4. The number of rotatable bonds is 6. The van der Waals surface area contributed by atoms with Crippen LogP contribution in [0, 0.1) is 10.1 Å². The van der Waals surface area contributed by atoms with Gasteiger partial charge in [-0.2, -0.15) is 0 Å². The molecule has 3 rings (SSSR count). The molecule has 136 valence electrons. The van der Waals surface area contributed by atoms with Crippen molar-refractivity contribution in [3.05, 3.63) is 69.8 Å². The van der Waals surface area contributed by atoms with Gasteiger partial charge in [0.15, 0.2) is 5.75 Å². The fourth-order valence-electron chi connectivity index (χ4n) is 3.44. The van der Waals surface area contributed by atoms with Crippen molar-refractivity contribution in [2.45, 2.75) is 32.2 Å². The number of carbonyl (C=O) groups is 1. The van der Waals surface area contributed by atoms with Crippen LogP contribution in [0.3, 0.4) is 0 Å². The fourth-order valence-corrected chi connectivity index (χ4v) is 3.44. The zero-order valence-electron chi connectivity index (χ0n) is 14.8. The van der Waals surface area contributed by atoms with Crippen LogP contribution in [0.5, 0.6) is 5.75 Å². The van der Waals surface area contributed by atoms with E-state index < -0.39 is 4.92 Å². The van der Waals surface area contributed by atoms with Gasteiger partial charge in [-0.15, -0.1) is 0 Å². The standard InChI is InChI=1S/C20H22N2O4/c1-2-26-19-11-10-16(14-18(19)22(24)25)20(23)21-12-6-9-17(21)13-15-7-4-3-5-8-15/h3-5,7-8,10-11,14,17H,2,6,9,12-13H2,1H3. The Morgan fingerprint density at radius 2 is 2.04 bits per heavy atom. The highest BCUT2D eigenvalue weighted by molar-refractivity contribution is 5.95. The van der Waals surface area contributed by atoms with Gasteiger partial charge in [-0.1, -0.05) is 30.3 Å². The van der Waals surface area contributed by atoms with Gasteiger partial charge in [-0.05, 0) is 43.9 Å². The van der Waals surface area contributed by atoms with Gasteiger partial charge in [-0.3, -0.25) is 14.9 Å². The molecule has 0 bridgehead atoms. The van der Waals surface area contributed by atoms with Gasteiger partial charge in [0.05, 0.1) is 11.5 Å². The SMILES string of the molecule is CCOc1ccc(C(=O)N2CCCC2Cc2ccccc2)cc1[N+](=O)[O-]. The summed E-state index contributed by atoms with van der Waals surface area (Å²) in [6.07, 6.45) is 2.69. The molecule has 1 aliphatic rings. The molecule has 1 unspecified atom stereocenters. The Morgan fingerprint density at radius 3 is 2.73 bits per heavy atom. The molecule has 0 spiro atoms. The van der Waals surface area contributed by atoms with E-state index in [-0.39, 0.29) is 23.4 Å². The lowest BCUT2D eigenvalue weighted by Gasteiger charge is -2.25. The summed E-state index contributed by atoms with van der Waals surface area (Å²) in [6.45, 7) is 2.78. The van der Waals surface area contributed by atoms with E-state index in [1.165, 1.54) is 17.7 Å². The van der Waals surface area contributed by atoms with Gasteiger partial charge in [-0.25, -0.2) is 0 Å². The fraction of sp³-hybridized carbons (Fsp3) is 0.350. The Morgan fingerprint density at radius 1 is 1.27 bits per heavy atom. The highest BCUT2D eigenvalue weighted by Gasteiger charge is 2.30. The first kappa shape index (κ1) is 17.9. The number of likely N-dealkylation sites (tertiary alicyclic amines) is 1. The summed E-state index contributed by atoms with van der Waals surface area (Å²) in [5.74, 6) is 0.0332. The average molecular weight is 354 g/mol. The first-order chi connectivity index (χ1) is 12.6. The lowest BCUT2D eigenvalue weighted by molar-refractivity contribution is -0.385. The van der Waals surface area contributed by atoms with Crippen molar-refractivity contribution in [1.82, 2.24) is 4.90 Å². The molecule has 2 aromatic carbocycles. The monoisotopic (exact) mass is 354 g/mol. The molecule has 0 radical (unpaired) electrons. The van der Waals surface area contributed by atoms with E-state index in [1.807, 2.05) is 23.1 Å². The van der Waals surface area contributed by atoms with Gasteiger partial charge in [0.1, 0.15) is 0 Å². The van der Waals surface area contributed by atoms with Crippen molar-refractivity contribution >= 4 is 11.6 Å². The molecule has 1 heterocycles. The number of ether oxygens (including phenoxy) is 1. The largest absolute Gasteiger partial charge is 0.487 e. The van der Waals surface area contributed by atoms with Crippen molar-refractivity contribution < 1.29 is 14.5 Å². The molecule has 1 aliphatic heterocycles. The lowest BCUT2D eigenvalue weighted by Crippen LogP contribution is -2.36. The summed E-state index contributed by atoms with van der Waals surface area (Å²) in [6, 6.07) is 14.6. The van der Waals surface area contributed by atoms with Gasteiger partial charge in [0.2, 0.25) is 0 Å². The maximum atomic E-state index is 13.0. The molecule has 0 N–H and O–H groups in total. The molecule has 1 fully saturated rings. The number of nitro groups is 1. The molecule has 26 heavy (non-hydrogen) atoms. The summed E-state index contributed by atoms with van der Waals surface area (Å²) < 4.78 is 5.29. The van der Waals surface area contributed by atoms with Crippen LogP contribution in [0.15, 0.2) is 48.5 Å². The summed E-state index contributed by atoms with van der Waals surface area (Å²) >= 11 is 0. The van der Waals surface area contributed by atoms with Gasteiger partial charge in [0.25, 0.3) is 5.91 Å². The molecular weight excluding hydrogens is 332 g/mol. The van der Waals surface area contributed by atoms with Gasteiger partial charge >= 0.3 is 5.69 Å². The van der Waals surface area contributed by atoms with Crippen LogP contribution >= 0.6 is 0 Å². The highest BCUT2D eigenvalue weighted by atomic mass is 16.6. The van der Waals surface area contributed by atoms with E-state index in [0.29, 0.717) is 18.7 Å². The lowest BCUT2D eigenvalue weighted by atomic mass is 10.0. The van der Waals surface area contributed by atoms with Crippen LogP contribution in [-0.2, 0) is 6.42 Å². The maximum absolute atomic E-state index is 13.0. The minimum Gasteiger partial charge on any atom is -0.487 e. The number of benzene rings is 2. The third-order valence-corrected chi connectivity index (χ3v) is 4.65. The molecule has 1 amide bonds. The number of amides is 1. The van der Waals surface area contributed by atoms with E-state index in [9.17, 15) is 14.9 Å². The van der Waals surface area contributed by atoms with Crippen LogP contribution in [0.4, 0.5) is 5.69 Å². The molecule has 2 aromatic rings. The predicted octanol–water partition coefficient (Wildman–Crippen LogP) is 3.84. The third-order valence-electron chi connectivity index (χ3n) is 4.65. The summed E-state index contributed by atoms with van der Waals surface area (Å²) in [5, 5.41) is 11.3. The number of hydrogen-bond acceptors (Lipinski definition) is 4. The van der Waals surface area contributed by atoms with Crippen LogP contribution in [0.25, 0.3) is 0 Å². The Labute approximate surface area is 152 Å². The second kappa shape index (κ2) is 7.99. The van der Waals surface area contributed by atoms with E-state index in [2.05, 4.69) is 12.1 Å². The predicted molar refractivity (Wildman–Crippen MR) is 98.5 cm³/mol. The smallest absolute Gasteiger partial charge is 0.311 e. The Hall–Kier alpha value is -2.89. The van der Waals surface area contributed by atoms with Crippen molar-refractivity contribution in [2.75, 3.05) is 13.2 Å². The van der Waals surface area contributed by atoms with E-state index in [0.717, 1.165) is 19.3 Å². The molecule has 1 atom stereocenters. The maximum Gasteiger partial charge on any atom is 0.311 e. The Kier molecular flexibility index (Phi) is 5.51. The zero-order valence-corrected chi connectivity index (χ0v) is 14.8. The summed E-state index contributed by atoms with van der Waals surface area (Å²) in [4.78, 5) is 25.6. The van der Waals surface area contributed by atoms with Gasteiger partial charge < -0.3 is 9.64 Å². The van der Waals surface area contributed by atoms with Crippen molar-refractivity contribution in [2.24, 2.45) is 0 Å². The van der Waals surface area contributed by atoms with Crippen molar-refractivity contribution in [1.29, 1.82) is 0 Å². The second-order valence-electron chi connectivity index (χ2n) is 6.36. The number of nitrogens with zero attached hydrogens (tertiary/aromatic N) is 2. The van der Waals surface area contributed by atoms with E-state index in [1.54, 1.807) is 13.0 Å². The Balaban J connectivity index is 1.81. The third kappa shape index (κ3) is 3.85.